The molecule has 1 rings (SSSR count). The van der Waals surface area contributed by atoms with Crippen LogP contribution in [-0.4, -0.2) is 21.3 Å². The molecule has 1 N–H and O–H groups in total. The first-order valence-corrected chi connectivity index (χ1v) is 5.66. The van der Waals surface area contributed by atoms with Gasteiger partial charge in [-0.05, 0) is 23.0 Å². The van der Waals surface area contributed by atoms with Crippen LogP contribution in [-0.2, 0) is 0 Å². The van der Waals surface area contributed by atoms with E-state index in [1.165, 1.54) is 18.0 Å². The zero-order chi connectivity index (χ0) is 10.6. The van der Waals surface area contributed by atoms with E-state index in [2.05, 4.69) is 47.8 Å². The summed E-state index contributed by atoms with van der Waals surface area (Å²) < 4.78 is 3.70. The van der Waals surface area contributed by atoms with Crippen LogP contribution in [0.4, 0.5) is 5.13 Å². The SMILES string of the molecule is CC(C)CC(C)(C)CNc1nnns1. The summed E-state index contributed by atoms with van der Waals surface area (Å²) in [7, 11) is 0. The highest BCUT2D eigenvalue weighted by Gasteiger charge is 2.19. The Bertz CT molecular complexity index is 256. The van der Waals surface area contributed by atoms with E-state index in [1.807, 2.05) is 0 Å². The predicted molar refractivity (Wildman–Crippen MR) is 59.4 cm³/mol. The van der Waals surface area contributed by atoms with Gasteiger partial charge in [0.15, 0.2) is 0 Å². The van der Waals surface area contributed by atoms with Gasteiger partial charge in [0.05, 0.1) is 0 Å². The van der Waals surface area contributed by atoms with Crippen LogP contribution < -0.4 is 5.32 Å². The average Bonchev–Trinajstić information content (AvgIpc) is 2.50. The molecule has 1 aromatic rings. The van der Waals surface area contributed by atoms with Gasteiger partial charge in [0.2, 0.25) is 5.13 Å². The van der Waals surface area contributed by atoms with E-state index >= 15 is 0 Å². The molecule has 4 nitrogen and oxygen atoms in total. The van der Waals surface area contributed by atoms with Crippen LogP contribution in [0.15, 0.2) is 0 Å². The molecule has 0 aliphatic rings. The summed E-state index contributed by atoms with van der Waals surface area (Å²) in [6.07, 6.45) is 1.20. The molecule has 0 aromatic carbocycles. The number of nitrogens with one attached hydrogen (secondary N) is 1. The maximum atomic E-state index is 3.84. The quantitative estimate of drug-likeness (QED) is 0.817. The highest BCUT2D eigenvalue weighted by Crippen LogP contribution is 2.25. The number of nitrogens with zero attached hydrogens (tertiary/aromatic N) is 3. The third-order valence-electron chi connectivity index (χ3n) is 1.98. The van der Waals surface area contributed by atoms with Crippen LogP contribution in [0.5, 0.6) is 0 Å². The first-order valence-electron chi connectivity index (χ1n) is 4.88. The Morgan fingerprint density at radius 1 is 1.43 bits per heavy atom. The van der Waals surface area contributed by atoms with Crippen LogP contribution in [0.25, 0.3) is 0 Å². The van der Waals surface area contributed by atoms with Crippen molar-refractivity contribution in [2.75, 3.05) is 11.9 Å². The van der Waals surface area contributed by atoms with Gasteiger partial charge in [0, 0.05) is 18.1 Å². The lowest BCUT2D eigenvalue weighted by Crippen LogP contribution is -2.24. The van der Waals surface area contributed by atoms with Gasteiger partial charge in [-0.3, -0.25) is 0 Å². The highest BCUT2D eigenvalue weighted by molar-refractivity contribution is 7.09. The summed E-state index contributed by atoms with van der Waals surface area (Å²) in [5.74, 6) is 0.722. The molecule has 0 amide bonds. The van der Waals surface area contributed by atoms with E-state index in [-0.39, 0.29) is 0 Å². The van der Waals surface area contributed by atoms with Gasteiger partial charge in [-0.1, -0.05) is 37.3 Å². The second-order valence-electron chi connectivity index (χ2n) is 4.78. The van der Waals surface area contributed by atoms with Crippen molar-refractivity contribution in [1.29, 1.82) is 0 Å². The summed E-state index contributed by atoms with van der Waals surface area (Å²) >= 11 is 1.30. The normalized spacial score (nSPS) is 12.1. The molecule has 0 fully saturated rings. The van der Waals surface area contributed by atoms with Crippen molar-refractivity contribution in [2.24, 2.45) is 11.3 Å². The van der Waals surface area contributed by atoms with Gasteiger partial charge in [-0.2, -0.15) is 0 Å². The lowest BCUT2D eigenvalue weighted by molar-refractivity contribution is 0.306. The van der Waals surface area contributed by atoms with Crippen molar-refractivity contribution in [3.05, 3.63) is 0 Å². The Hall–Kier alpha value is -0.710. The largest absolute Gasteiger partial charge is 0.358 e. The van der Waals surface area contributed by atoms with Crippen molar-refractivity contribution in [3.63, 3.8) is 0 Å². The molecule has 0 radical (unpaired) electrons. The Kier molecular flexibility index (Phi) is 3.80. The smallest absolute Gasteiger partial charge is 0.225 e. The fourth-order valence-electron chi connectivity index (χ4n) is 1.69. The maximum Gasteiger partial charge on any atom is 0.225 e. The summed E-state index contributed by atoms with van der Waals surface area (Å²) in [6.45, 7) is 9.92. The van der Waals surface area contributed by atoms with Gasteiger partial charge < -0.3 is 5.32 Å². The van der Waals surface area contributed by atoms with Gasteiger partial charge in [0.25, 0.3) is 0 Å². The highest BCUT2D eigenvalue weighted by atomic mass is 32.1. The number of aromatic nitrogens is 3. The van der Waals surface area contributed by atoms with Crippen LogP contribution >= 0.6 is 11.5 Å². The number of hydrogen-bond donors (Lipinski definition) is 1. The second-order valence-corrected chi connectivity index (χ2v) is 5.52. The van der Waals surface area contributed by atoms with Crippen molar-refractivity contribution < 1.29 is 0 Å². The van der Waals surface area contributed by atoms with Gasteiger partial charge in [-0.25, -0.2) is 0 Å². The Morgan fingerprint density at radius 2 is 2.14 bits per heavy atom. The Balaban J connectivity index is 2.36. The molecule has 5 heteroatoms. The van der Waals surface area contributed by atoms with E-state index in [1.54, 1.807) is 0 Å². The van der Waals surface area contributed by atoms with Crippen LogP contribution in [0.3, 0.4) is 0 Å². The molecule has 0 bridgehead atoms. The fourth-order valence-corrected chi connectivity index (χ4v) is 2.05. The van der Waals surface area contributed by atoms with Crippen LogP contribution in [0.2, 0.25) is 0 Å². The molecular formula is C9H18N4S. The second kappa shape index (κ2) is 4.68. The molecular weight excluding hydrogens is 196 g/mol. The van der Waals surface area contributed by atoms with E-state index in [9.17, 15) is 0 Å². The van der Waals surface area contributed by atoms with Crippen molar-refractivity contribution >= 4 is 16.7 Å². The van der Waals surface area contributed by atoms with Gasteiger partial charge >= 0.3 is 0 Å². The van der Waals surface area contributed by atoms with E-state index in [0.29, 0.717) is 5.41 Å². The predicted octanol–water partition coefficient (Wildman–Crippen LogP) is 2.42. The molecule has 0 aliphatic carbocycles. The molecule has 1 heterocycles. The van der Waals surface area contributed by atoms with Crippen molar-refractivity contribution in [2.45, 2.75) is 34.1 Å². The number of anilines is 1. The van der Waals surface area contributed by atoms with Gasteiger partial charge in [-0.15, -0.1) is 0 Å². The molecule has 80 valence electrons. The lowest BCUT2D eigenvalue weighted by Gasteiger charge is -2.26. The minimum atomic E-state index is 0.292. The third kappa shape index (κ3) is 4.00. The third-order valence-corrected chi connectivity index (χ3v) is 2.53. The van der Waals surface area contributed by atoms with Crippen molar-refractivity contribution in [3.8, 4) is 0 Å². The maximum absolute atomic E-state index is 3.84. The first kappa shape index (κ1) is 11.4. The van der Waals surface area contributed by atoms with Crippen LogP contribution in [0.1, 0.15) is 34.1 Å². The van der Waals surface area contributed by atoms with E-state index < -0.39 is 0 Å². The molecule has 1 aromatic heterocycles. The van der Waals surface area contributed by atoms with Gasteiger partial charge in [0.1, 0.15) is 0 Å². The summed E-state index contributed by atoms with van der Waals surface area (Å²) in [4.78, 5) is 0. The zero-order valence-electron chi connectivity index (χ0n) is 9.24. The molecule has 14 heavy (non-hydrogen) atoms. The van der Waals surface area contributed by atoms with E-state index in [0.717, 1.165) is 17.6 Å². The summed E-state index contributed by atoms with van der Waals surface area (Å²) in [5, 5.41) is 11.4. The molecule has 0 unspecified atom stereocenters. The molecule has 0 saturated heterocycles. The standard InChI is InChI=1S/C9H18N4S/c1-7(2)5-9(3,4)6-10-8-11-12-13-14-8/h7H,5-6H2,1-4H3,(H,10,11,13). The minimum Gasteiger partial charge on any atom is -0.358 e. The summed E-state index contributed by atoms with van der Waals surface area (Å²) in [6, 6.07) is 0. The van der Waals surface area contributed by atoms with Crippen LogP contribution in [0, 0.1) is 11.3 Å². The van der Waals surface area contributed by atoms with E-state index in [4.69, 9.17) is 0 Å². The molecule has 0 spiro atoms. The van der Waals surface area contributed by atoms with Crippen molar-refractivity contribution in [1.82, 2.24) is 14.8 Å². The number of hydrogen-bond acceptors (Lipinski definition) is 5. The zero-order valence-corrected chi connectivity index (χ0v) is 10.1. The molecule has 0 saturated carbocycles. The average molecular weight is 214 g/mol. The number of rotatable bonds is 5. The minimum absolute atomic E-state index is 0.292. The topological polar surface area (TPSA) is 50.7 Å². The Labute approximate surface area is 89.3 Å². The molecule has 0 atom stereocenters. The molecule has 0 aliphatic heterocycles. The summed E-state index contributed by atoms with van der Waals surface area (Å²) in [5.41, 5.74) is 0.292. The lowest BCUT2D eigenvalue weighted by atomic mass is 9.84. The Morgan fingerprint density at radius 3 is 2.64 bits per heavy atom. The first-order chi connectivity index (χ1) is 6.49. The monoisotopic (exact) mass is 214 g/mol. The fraction of sp³-hybridized carbons (Fsp3) is 0.889.